The molecule has 2 amide bonds. The van der Waals surface area contributed by atoms with Crippen molar-refractivity contribution >= 4 is 17.5 Å². The number of para-hydroxylation sites is 1. The summed E-state index contributed by atoms with van der Waals surface area (Å²) in [7, 11) is 0. The van der Waals surface area contributed by atoms with E-state index in [0.29, 0.717) is 23.4 Å². The lowest BCUT2D eigenvalue weighted by atomic mass is 10.1. The van der Waals surface area contributed by atoms with Gasteiger partial charge in [-0.25, -0.2) is 0 Å². The SMILES string of the molecule is CC.CC.CC.O=C(Nc1ccccc1C(=O)NCCc1ccccc1)c1ccccc1.[2HH]. The van der Waals surface area contributed by atoms with E-state index in [0.717, 1.165) is 6.42 Å². The fourth-order valence-corrected chi connectivity index (χ4v) is 2.63. The largest absolute Gasteiger partial charge is 0.352 e. The third kappa shape index (κ3) is 10.1. The van der Waals surface area contributed by atoms with Crippen LogP contribution in [0.15, 0.2) is 84.9 Å². The molecule has 0 bridgehead atoms. The average Bonchev–Trinajstić information content (AvgIpc) is 2.89. The molecule has 0 saturated carbocycles. The highest BCUT2D eigenvalue weighted by Gasteiger charge is 2.13. The second-order valence-electron chi connectivity index (χ2n) is 5.86. The van der Waals surface area contributed by atoms with Crippen molar-refractivity contribution in [3.63, 3.8) is 0 Å². The van der Waals surface area contributed by atoms with Gasteiger partial charge in [0, 0.05) is 13.5 Å². The molecule has 0 aliphatic heterocycles. The molecule has 0 unspecified atom stereocenters. The molecule has 2 N–H and O–H groups in total. The van der Waals surface area contributed by atoms with E-state index < -0.39 is 0 Å². The predicted octanol–water partition coefficient (Wildman–Crippen LogP) is 7.24. The first-order chi connectivity index (χ1) is 15.7. The van der Waals surface area contributed by atoms with E-state index in [1.807, 2.05) is 77.9 Å². The second kappa shape index (κ2) is 18.4. The fraction of sp³-hybridized carbons (Fsp3) is 0.286. The Kier molecular flexibility index (Phi) is 16.4. The Morgan fingerprint density at radius 3 is 1.75 bits per heavy atom. The third-order valence-corrected chi connectivity index (χ3v) is 4.00. The van der Waals surface area contributed by atoms with Gasteiger partial charge in [0.15, 0.2) is 0 Å². The van der Waals surface area contributed by atoms with Crippen molar-refractivity contribution in [1.82, 2.24) is 5.32 Å². The van der Waals surface area contributed by atoms with Gasteiger partial charge < -0.3 is 10.6 Å². The first-order valence-electron chi connectivity index (χ1n) is 11.5. The smallest absolute Gasteiger partial charge is 0.255 e. The van der Waals surface area contributed by atoms with Crippen molar-refractivity contribution in [2.24, 2.45) is 0 Å². The average molecular weight is 438 g/mol. The minimum atomic E-state index is -0.241. The molecule has 0 saturated heterocycles. The van der Waals surface area contributed by atoms with Crippen LogP contribution in [0.4, 0.5) is 5.69 Å². The summed E-state index contributed by atoms with van der Waals surface area (Å²) < 4.78 is 0. The molecular weight excluding hydrogens is 396 g/mol. The number of carbonyl (C=O) groups is 2. The minimum Gasteiger partial charge on any atom is -0.352 e. The number of carbonyl (C=O) groups excluding carboxylic acids is 2. The van der Waals surface area contributed by atoms with E-state index in [9.17, 15) is 9.59 Å². The van der Waals surface area contributed by atoms with Crippen LogP contribution in [0.25, 0.3) is 0 Å². The van der Waals surface area contributed by atoms with E-state index >= 15 is 0 Å². The van der Waals surface area contributed by atoms with Crippen LogP contribution in [0, 0.1) is 0 Å². The standard InChI is InChI=1S/C22H20N2O2.3C2H6.H2/c25-21(18-11-5-2-6-12-18)24-20-14-8-7-13-19(20)22(26)23-16-15-17-9-3-1-4-10-17;3*1-2;/h1-14H,15-16H2,(H,23,26)(H,24,25);3*1-2H3;1H/i;;;;1+1. The van der Waals surface area contributed by atoms with Gasteiger partial charge in [0.05, 0.1) is 11.3 Å². The maximum Gasteiger partial charge on any atom is 0.255 e. The number of hydrogen-bond donors (Lipinski definition) is 2. The van der Waals surface area contributed by atoms with E-state index in [1.165, 1.54) is 5.56 Å². The van der Waals surface area contributed by atoms with E-state index in [1.54, 1.807) is 48.5 Å². The van der Waals surface area contributed by atoms with Crippen molar-refractivity contribution < 1.29 is 11.0 Å². The van der Waals surface area contributed by atoms with Crippen LogP contribution in [0.3, 0.4) is 0 Å². The quantitative estimate of drug-likeness (QED) is 0.427. The Morgan fingerprint density at radius 1 is 0.656 bits per heavy atom. The highest BCUT2D eigenvalue weighted by atomic mass is 16.2. The normalized spacial score (nSPS) is 8.81. The van der Waals surface area contributed by atoms with Crippen molar-refractivity contribution in [1.29, 1.82) is 0 Å². The summed E-state index contributed by atoms with van der Waals surface area (Å²) in [6, 6.07) is 25.9. The molecule has 0 aliphatic carbocycles. The molecule has 32 heavy (non-hydrogen) atoms. The molecule has 4 heteroatoms. The molecule has 3 aromatic rings. The van der Waals surface area contributed by atoms with E-state index in [4.69, 9.17) is 0 Å². The van der Waals surface area contributed by atoms with E-state index in [2.05, 4.69) is 10.6 Å². The summed E-state index contributed by atoms with van der Waals surface area (Å²) in [6.07, 6.45) is 0.755. The maximum atomic E-state index is 12.5. The lowest BCUT2D eigenvalue weighted by molar-refractivity contribution is 0.0955. The molecule has 0 heterocycles. The summed E-state index contributed by atoms with van der Waals surface area (Å²) in [4.78, 5) is 24.9. The summed E-state index contributed by atoms with van der Waals surface area (Å²) in [5.41, 5.74) is 2.66. The van der Waals surface area contributed by atoms with Gasteiger partial charge in [0.2, 0.25) is 0 Å². The Bertz CT molecular complexity index is 885. The topological polar surface area (TPSA) is 58.2 Å². The summed E-state index contributed by atoms with van der Waals surface area (Å²) in [6.45, 7) is 12.5. The highest BCUT2D eigenvalue weighted by Crippen LogP contribution is 2.16. The first kappa shape index (κ1) is 28.6. The molecule has 0 atom stereocenters. The molecule has 174 valence electrons. The molecule has 0 fully saturated rings. The number of anilines is 1. The van der Waals surface area contributed by atoms with Crippen LogP contribution in [-0.2, 0) is 6.42 Å². The highest BCUT2D eigenvalue weighted by molar-refractivity contribution is 6.08. The van der Waals surface area contributed by atoms with Crippen LogP contribution in [-0.4, -0.2) is 18.4 Å². The van der Waals surface area contributed by atoms with Gasteiger partial charge in [0.1, 0.15) is 0 Å². The van der Waals surface area contributed by atoms with Gasteiger partial charge >= 0.3 is 0 Å². The fourth-order valence-electron chi connectivity index (χ4n) is 2.63. The second-order valence-corrected chi connectivity index (χ2v) is 5.86. The zero-order valence-electron chi connectivity index (χ0n) is 20.3. The molecule has 3 rings (SSSR count). The van der Waals surface area contributed by atoms with Crippen molar-refractivity contribution in [2.75, 3.05) is 11.9 Å². The molecular formula is C28H40N2O2. The van der Waals surface area contributed by atoms with Crippen LogP contribution in [0.1, 0.15) is 69.2 Å². The Morgan fingerprint density at radius 2 is 1.16 bits per heavy atom. The Balaban J connectivity index is 0. The van der Waals surface area contributed by atoms with Crippen LogP contribution < -0.4 is 10.6 Å². The van der Waals surface area contributed by atoms with Crippen molar-refractivity contribution in [3.05, 3.63) is 102 Å². The Labute approximate surface area is 195 Å². The number of nitrogens with one attached hydrogen (secondary N) is 2. The first-order valence-corrected chi connectivity index (χ1v) is 11.5. The zero-order chi connectivity index (χ0) is 24.2. The summed E-state index contributed by atoms with van der Waals surface area (Å²) >= 11 is 0. The van der Waals surface area contributed by atoms with Gasteiger partial charge in [-0.05, 0) is 36.2 Å². The van der Waals surface area contributed by atoms with Crippen LogP contribution in [0.2, 0.25) is 0 Å². The zero-order valence-corrected chi connectivity index (χ0v) is 20.3. The molecule has 0 radical (unpaired) electrons. The molecule has 3 aromatic carbocycles. The molecule has 0 aliphatic rings. The van der Waals surface area contributed by atoms with Crippen molar-refractivity contribution in [2.45, 2.75) is 48.0 Å². The van der Waals surface area contributed by atoms with Gasteiger partial charge in [-0.2, -0.15) is 0 Å². The molecule has 0 aromatic heterocycles. The number of hydrogen-bond acceptors (Lipinski definition) is 2. The summed E-state index contributed by atoms with van der Waals surface area (Å²) in [5, 5.41) is 5.73. The lowest BCUT2D eigenvalue weighted by Gasteiger charge is -2.11. The molecule has 0 spiro atoms. The van der Waals surface area contributed by atoms with E-state index in [-0.39, 0.29) is 13.2 Å². The van der Waals surface area contributed by atoms with Gasteiger partial charge in [-0.1, -0.05) is 102 Å². The van der Waals surface area contributed by atoms with Crippen LogP contribution >= 0.6 is 0 Å². The van der Waals surface area contributed by atoms with Gasteiger partial charge in [0.25, 0.3) is 11.8 Å². The predicted molar refractivity (Wildman–Crippen MR) is 139 cm³/mol. The van der Waals surface area contributed by atoms with Gasteiger partial charge in [-0.3, -0.25) is 9.59 Å². The minimum absolute atomic E-state index is 0. The van der Waals surface area contributed by atoms with Gasteiger partial charge in [-0.15, -0.1) is 0 Å². The number of rotatable bonds is 6. The number of amides is 2. The van der Waals surface area contributed by atoms with Crippen LogP contribution in [0.5, 0.6) is 0 Å². The third-order valence-electron chi connectivity index (χ3n) is 4.00. The lowest BCUT2D eigenvalue weighted by Crippen LogP contribution is -2.27. The molecule has 4 nitrogen and oxygen atoms in total. The number of benzene rings is 3. The summed E-state index contributed by atoms with van der Waals surface area (Å²) in [5.74, 6) is -0.444. The Hall–Kier alpha value is -3.40. The maximum absolute atomic E-state index is 12.5. The monoisotopic (exact) mass is 437 g/mol. The van der Waals surface area contributed by atoms with Crippen molar-refractivity contribution in [3.8, 4) is 0 Å².